The van der Waals surface area contributed by atoms with Gasteiger partial charge >= 0.3 is 0 Å². The van der Waals surface area contributed by atoms with Crippen molar-refractivity contribution in [3.05, 3.63) is 96.2 Å². The quantitative estimate of drug-likeness (QED) is 0.437. The first-order valence-electron chi connectivity index (χ1n) is 10.0. The van der Waals surface area contributed by atoms with E-state index < -0.39 is 19.9 Å². The van der Waals surface area contributed by atoms with Crippen LogP contribution in [0.4, 0.5) is 5.69 Å². The number of anilines is 1. The Morgan fingerprint density at radius 1 is 0.750 bits per heavy atom. The molecule has 0 aliphatic rings. The van der Waals surface area contributed by atoms with Crippen LogP contribution in [0.15, 0.2) is 94.7 Å². The lowest BCUT2D eigenvalue weighted by molar-refractivity contribution is 0.594. The van der Waals surface area contributed by atoms with E-state index in [0.29, 0.717) is 16.9 Å². The Balaban J connectivity index is 1.61. The minimum Gasteiger partial charge on any atom is -0.277 e. The molecule has 3 aromatic carbocycles. The lowest BCUT2D eigenvalue weighted by atomic mass is 10.1. The maximum absolute atomic E-state index is 12.8. The molecule has 0 unspecified atom stereocenters. The normalized spacial score (nSPS) is 12.0. The highest BCUT2D eigenvalue weighted by atomic mass is 32.2. The highest BCUT2D eigenvalue weighted by Gasteiger charge is 2.17. The lowest BCUT2D eigenvalue weighted by Crippen LogP contribution is -2.14. The Bertz CT molecular complexity index is 1470. The first-order chi connectivity index (χ1) is 15.2. The van der Waals surface area contributed by atoms with Crippen LogP contribution in [0.1, 0.15) is 11.3 Å². The van der Waals surface area contributed by atoms with Gasteiger partial charge in [0.2, 0.25) is 0 Å². The number of benzene rings is 3. The molecule has 0 aliphatic heterocycles. The van der Waals surface area contributed by atoms with Gasteiger partial charge in [0.25, 0.3) is 10.0 Å². The van der Waals surface area contributed by atoms with Crippen molar-refractivity contribution in [3.63, 3.8) is 0 Å². The molecule has 6 nitrogen and oxygen atoms in total. The maximum atomic E-state index is 12.8. The molecule has 1 aromatic heterocycles. The Kier molecular flexibility index (Phi) is 5.99. The summed E-state index contributed by atoms with van der Waals surface area (Å²) >= 11 is 0. The van der Waals surface area contributed by atoms with Gasteiger partial charge in [-0.15, -0.1) is 0 Å². The van der Waals surface area contributed by atoms with E-state index in [4.69, 9.17) is 0 Å². The van der Waals surface area contributed by atoms with E-state index in [1.807, 2.05) is 19.1 Å². The van der Waals surface area contributed by atoms with Gasteiger partial charge in [0.1, 0.15) is 0 Å². The maximum Gasteiger partial charge on any atom is 0.261 e. The molecule has 0 fully saturated rings. The van der Waals surface area contributed by atoms with E-state index in [1.165, 1.54) is 0 Å². The number of sulfone groups is 1. The van der Waals surface area contributed by atoms with Crippen LogP contribution < -0.4 is 4.72 Å². The van der Waals surface area contributed by atoms with Crippen LogP contribution in [-0.2, 0) is 26.3 Å². The summed E-state index contributed by atoms with van der Waals surface area (Å²) in [6.07, 6.45) is 0.214. The average Bonchev–Trinajstić information content (AvgIpc) is 2.79. The van der Waals surface area contributed by atoms with Crippen molar-refractivity contribution in [2.45, 2.75) is 23.1 Å². The summed E-state index contributed by atoms with van der Waals surface area (Å²) in [5, 5.41) is 0.753. The fourth-order valence-electron chi connectivity index (χ4n) is 3.31. The number of nitrogens with one attached hydrogen (secondary N) is 1. The van der Waals surface area contributed by atoms with E-state index >= 15 is 0 Å². The zero-order valence-corrected chi connectivity index (χ0v) is 19.0. The van der Waals surface area contributed by atoms with Crippen molar-refractivity contribution in [2.24, 2.45) is 0 Å². The fraction of sp³-hybridized carbons (Fsp3) is 0.125. The number of nitrogens with zero attached hydrogens (tertiary/aromatic N) is 1. The summed E-state index contributed by atoms with van der Waals surface area (Å²) in [4.78, 5) is 5.00. The zero-order valence-electron chi connectivity index (χ0n) is 17.4. The van der Waals surface area contributed by atoms with Crippen molar-refractivity contribution in [3.8, 4) is 0 Å². The highest BCUT2D eigenvalue weighted by Crippen LogP contribution is 2.25. The average molecular weight is 467 g/mol. The number of aromatic nitrogens is 1. The minimum absolute atomic E-state index is 0.0905. The van der Waals surface area contributed by atoms with Crippen molar-refractivity contribution >= 4 is 36.5 Å². The molecule has 8 heteroatoms. The van der Waals surface area contributed by atoms with Gasteiger partial charge < -0.3 is 0 Å². The Labute approximate surface area is 187 Å². The minimum atomic E-state index is -3.79. The molecule has 1 N–H and O–H groups in total. The molecule has 164 valence electrons. The number of pyridine rings is 1. The van der Waals surface area contributed by atoms with Gasteiger partial charge in [-0.25, -0.2) is 16.8 Å². The van der Waals surface area contributed by atoms with Gasteiger partial charge in [-0.3, -0.25) is 9.71 Å². The predicted octanol–water partition coefficient (Wildman–Crippen LogP) is 4.36. The van der Waals surface area contributed by atoms with Crippen LogP contribution in [0, 0.1) is 6.92 Å². The van der Waals surface area contributed by atoms with Crippen molar-refractivity contribution in [2.75, 3.05) is 10.5 Å². The van der Waals surface area contributed by atoms with Crippen LogP contribution >= 0.6 is 0 Å². The number of rotatable bonds is 7. The van der Waals surface area contributed by atoms with Gasteiger partial charge in [-0.2, -0.15) is 0 Å². The van der Waals surface area contributed by atoms with Crippen molar-refractivity contribution in [1.29, 1.82) is 0 Å². The van der Waals surface area contributed by atoms with Gasteiger partial charge in [0, 0.05) is 17.5 Å². The summed E-state index contributed by atoms with van der Waals surface area (Å²) in [6.45, 7) is 1.89. The van der Waals surface area contributed by atoms with Gasteiger partial charge in [-0.1, -0.05) is 54.1 Å². The molecule has 0 bridgehead atoms. The van der Waals surface area contributed by atoms with Gasteiger partial charge in [-0.05, 0) is 43.3 Å². The summed E-state index contributed by atoms with van der Waals surface area (Å²) < 4.78 is 53.5. The highest BCUT2D eigenvalue weighted by molar-refractivity contribution is 7.92. The summed E-state index contributed by atoms with van der Waals surface area (Å²) in [5.41, 5.74) is 2.35. The Hall–Kier alpha value is -3.23. The smallest absolute Gasteiger partial charge is 0.261 e. The van der Waals surface area contributed by atoms with Crippen molar-refractivity contribution in [1.82, 2.24) is 4.98 Å². The molecule has 4 aromatic rings. The zero-order chi connectivity index (χ0) is 22.8. The topological polar surface area (TPSA) is 93.2 Å². The Morgan fingerprint density at radius 2 is 1.47 bits per heavy atom. The third-order valence-electron chi connectivity index (χ3n) is 5.08. The molecular weight excluding hydrogens is 444 g/mol. The second-order valence-electron chi connectivity index (χ2n) is 7.48. The SMILES string of the molecule is Cc1ccc(S(=O)(=O)Nc2cccc3ccc(CCS(=O)(=O)c4ccccc4)nc23)cc1. The summed E-state index contributed by atoms with van der Waals surface area (Å²) in [7, 11) is -7.23. The molecule has 0 amide bonds. The monoisotopic (exact) mass is 466 g/mol. The number of sulfonamides is 1. The molecule has 0 saturated heterocycles. The number of aryl methyl sites for hydroxylation is 2. The third-order valence-corrected chi connectivity index (χ3v) is 8.20. The molecule has 0 saturated carbocycles. The van der Waals surface area contributed by atoms with E-state index in [2.05, 4.69) is 9.71 Å². The third kappa shape index (κ3) is 4.81. The molecule has 0 aliphatic carbocycles. The molecule has 0 spiro atoms. The van der Waals surface area contributed by atoms with Crippen LogP contribution in [0.2, 0.25) is 0 Å². The standard InChI is InChI=1S/C24H22N2O4S2/c1-18-10-14-22(15-11-18)32(29,30)26-23-9-5-6-19-12-13-20(25-24(19)23)16-17-31(27,28)21-7-3-2-4-8-21/h2-15,26H,16-17H2,1H3. The second kappa shape index (κ2) is 8.72. The van der Waals surface area contributed by atoms with Gasteiger partial charge in [0.05, 0.1) is 26.7 Å². The summed E-state index contributed by atoms with van der Waals surface area (Å²) in [5.74, 6) is -0.0905. The van der Waals surface area contributed by atoms with Crippen LogP contribution in [0.3, 0.4) is 0 Å². The number of hydrogen-bond acceptors (Lipinski definition) is 5. The molecular formula is C24H22N2O4S2. The number of para-hydroxylation sites is 1. The fourth-order valence-corrected chi connectivity index (χ4v) is 5.67. The van der Waals surface area contributed by atoms with Gasteiger partial charge in [0.15, 0.2) is 9.84 Å². The molecule has 32 heavy (non-hydrogen) atoms. The molecule has 1 heterocycles. The largest absolute Gasteiger partial charge is 0.277 e. The van der Waals surface area contributed by atoms with E-state index in [1.54, 1.807) is 72.8 Å². The summed E-state index contributed by atoms with van der Waals surface area (Å²) in [6, 6.07) is 23.7. The number of fused-ring (bicyclic) bond motifs is 1. The first kappa shape index (κ1) is 22.0. The Morgan fingerprint density at radius 3 is 2.19 bits per heavy atom. The van der Waals surface area contributed by atoms with Crippen molar-refractivity contribution < 1.29 is 16.8 Å². The lowest BCUT2D eigenvalue weighted by Gasteiger charge is -2.12. The number of hydrogen-bond donors (Lipinski definition) is 1. The first-order valence-corrected chi connectivity index (χ1v) is 13.1. The molecule has 4 rings (SSSR count). The molecule has 0 radical (unpaired) electrons. The van der Waals surface area contributed by atoms with Crippen LogP contribution in [0.25, 0.3) is 10.9 Å². The van der Waals surface area contributed by atoms with Crippen LogP contribution in [-0.4, -0.2) is 27.6 Å². The predicted molar refractivity (Wildman–Crippen MR) is 126 cm³/mol. The van der Waals surface area contributed by atoms with E-state index in [-0.39, 0.29) is 22.0 Å². The molecule has 0 atom stereocenters. The second-order valence-corrected chi connectivity index (χ2v) is 11.3. The van der Waals surface area contributed by atoms with Crippen LogP contribution in [0.5, 0.6) is 0 Å². The van der Waals surface area contributed by atoms with E-state index in [0.717, 1.165) is 10.9 Å². The van der Waals surface area contributed by atoms with E-state index in [9.17, 15) is 16.8 Å².